The maximum Gasteiger partial charge on any atom is 0.316 e. The fourth-order valence-corrected chi connectivity index (χ4v) is 4.68. The molecule has 2 aromatic heterocycles. The molecule has 212 valence electrons. The van der Waals surface area contributed by atoms with Crippen LogP contribution in [0.4, 0.5) is 5.82 Å². The molecule has 11 nitrogen and oxygen atoms in total. The standard InChI is InChI=1S/C27H32Cl2N8O3/c1-5-39-27-33-10-16-12-37(13-22(16)34-27)26-15(2)23(24(32-4)21(29)9-30)35-25(36-26)19-8-18(6-7-20(19)28)40-14-17(38)11-31-3/h6-10,17,31,38H,5,11-14,30H2,1-4H3/t17-/m1/s1. The van der Waals surface area contributed by atoms with Crippen molar-refractivity contribution in [3.63, 3.8) is 0 Å². The molecule has 0 radical (unpaired) electrons. The van der Waals surface area contributed by atoms with E-state index in [2.05, 4.69) is 25.2 Å². The van der Waals surface area contributed by atoms with Crippen LogP contribution in [0.2, 0.25) is 5.02 Å². The van der Waals surface area contributed by atoms with Gasteiger partial charge in [-0.05, 0) is 39.1 Å². The number of aliphatic imine (C=N–C) groups is 1. The minimum Gasteiger partial charge on any atom is -0.491 e. The monoisotopic (exact) mass is 586 g/mol. The zero-order chi connectivity index (χ0) is 28.8. The summed E-state index contributed by atoms with van der Waals surface area (Å²) in [4.78, 5) is 25.1. The third kappa shape index (κ3) is 6.44. The molecule has 3 aromatic rings. The largest absolute Gasteiger partial charge is 0.491 e. The van der Waals surface area contributed by atoms with E-state index in [1.54, 1.807) is 38.5 Å². The molecular formula is C27H32Cl2N8O3. The first-order valence-electron chi connectivity index (χ1n) is 12.7. The Hall–Kier alpha value is -3.51. The maximum atomic E-state index is 10.1. The van der Waals surface area contributed by atoms with Gasteiger partial charge < -0.3 is 30.5 Å². The highest BCUT2D eigenvalue weighted by Crippen LogP contribution is 2.35. The SMILES string of the molecule is CCOc1ncc2c(n1)CN(c1nc(-c3cc(OC[C@H](O)CNC)ccc3Cl)nc(C(=NC)C(Cl)=CN)c1C)C2. The number of aliphatic hydroxyl groups is 1. The fraction of sp³-hybridized carbons (Fsp3) is 0.370. The Balaban J connectivity index is 1.79. The Bertz CT molecular complexity index is 1430. The van der Waals surface area contributed by atoms with E-state index in [0.29, 0.717) is 71.6 Å². The summed E-state index contributed by atoms with van der Waals surface area (Å²) in [7, 11) is 3.38. The molecule has 0 fully saturated rings. The molecule has 1 aromatic carbocycles. The first-order chi connectivity index (χ1) is 19.3. The van der Waals surface area contributed by atoms with E-state index >= 15 is 0 Å². The Labute approximate surface area is 243 Å². The average Bonchev–Trinajstić information content (AvgIpc) is 3.37. The smallest absolute Gasteiger partial charge is 0.316 e. The second-order valence-corrected chi connectivity index (χ2v) is 9.82. The van der Waals surface area contributed by atoms with Crippen molar-refractivity contribution in [2.75, 3.05) is 38.8 Å². The topological polar surface area (TPSA) is 144 Å². The van der Waals surface area contributed by atoms with Gasteiger partial charge in [0.1, 0.15) is 30.0 Å². The molecule has 3 heterocycles. The Kier molecular flexibility index (Phi) is 9.75. The lowest BCUT2D eigenvalue weighted by Crippen LogP contribution is -2.29. The van der Waals surface area contributed by atoms with Gasteiger partial charge in [-0.1, -0.05) is 23.2 Å². The van der Waals surface area contributed by atoms with Gasteiger partial charge in [0.25, 0.3) is 0 Å². The molecule has 0 bridgehead atoms. The van der Waals surface area contributed by atoms with E-state index < -0.39 is 6.10 Å². The van der Waals surface area contributed by atoms with Crippen LogP contribution in [0, 0.1) is 6.92 Å². The molecule has 4 N–H and O–H groups in total. The van der Waals surface area contributed by atoms with Gasteiger partial charge in [0.05, 0.1) is 34.6 Å². The molecule has 40 heavy (non-hydrogen) atoms. The van der Waals surface area contributed by atoms with Crippen molar-refractivity contribution in [2.24, 2.45) is 10.7 Å². The van der Waals surface area contributed by atoms with Gasteiger partial charge in [-0.15, -0.1) is 0 Å². The van der Waals surface area contributed by atoms with Crippen LogP contribution >= 0.6 is 23.2 Å². The Morgan fingerprint density at radius 1 is 1.27 bits per heavy atom. The van der Waals surface area contributed by atoms with Crippen molar-refractivity contribution in [3.8, 4) is 23.1 Å². The van der Waals surface area contributed by atoms with Crippen molar-refractivity contribution in [3.05, 3.63) is 63.2 Å². The van der Waals surface area contributed by atoms with Gasteiger partial charge in [-0.2, -0.15) is 4.98 Å². The number of ether oxygens (including phenoxy) is 2. The van der Waals surface area contributed by atoms with Crippen molar-refractivity contribution in [1.82, 2.24) is 25.3 Å². The average molecular weight is 588 g/mol. The van der Waals surface area contributed by atoms with Crippen LogP contribution in [0.3, 0.4) is 0 Å². The number of hydrogen-bond acceptors (Lipinski definition) is 11. The van der Waals surface area contributed by atoms with Crippen LogP contribution in [-0.4, -0.2) is 70.7 Å². The number of nitrogens with zero attached hydrogens (tertiary/aromatic N) is 6. The third-order valence-corrected chi connectivity index (χ3v) is 6.84. The van der Waals surface area contributed by atoms with Gasteiger partial charge in [0.2, 0.25) is 0 Å². The number of hydrogen-bond donors (Lipinski definition) is 3. The Morgan fingerprint density at radius 3 is 2.77 bits per heavy atom. The predicted molar refractivity (Wildman–Crippen MR) is 156 cm³/mol. The highest BCUT2D eigenvalue weighted by molar-refractivity contribution is 6.46. The minimum absolute atomic E-state index is 0.105. The highest BCUT2D eigenvalue weighted by Gasteiger charge is 2.28. The summed E-state index contributed by atoms with van der Waals surface area (Å²) in [5.41, 5.74) is 9.81. The van der Waals surface area contributed by atoms with Gasteiger partial charge in [0.15, 0.2) is 5.82 Å². The lowest BCUT2D eigenvalue weighted by molar-refractivity contribution is 0.108. The van der Waals surface area contributed by atoms with Crippen LogP contribution in [0.15, 0.2) is 40.6 Å². The fourth-order valence-electron chi connectivity index (χ4n) is 4.30. The first-order valence-corrected chi connectivity index (χ1v) is 13.5. The van der Waals surface area contributed by atoms with Crippen molar-refractivity contribution < 1.29 is 14.6 Å². The number of rotatable bonds is 11. The maximum absolute atomic E-state index is 10.1. The van der Waals surface area contributed by atoms with Crippen LogP contribution < -0.4 is 25.4 Å². The van der Waals surface area contributed by atoms with Crippen LogP contribution in [-0.2, 0) is 13.1 Å². The molecule has 1 aliphatic heterocycles. The summed E-state index contributed by atoms with van der Waals surface area (Å²) in [5.74, 6) is 1.52. The number of nitrogens with one attached hydrogen (secondary N) is 1. The third-order valence-electron chi connectivity index (χ3n) is 6.21. The number of aliphatic hydroxyl groups excluding tert-OH is 1. The summed E-state index contributed by atoms with van der Waals surface area (Å²) in [6, 6.07) is 5.52. The Morgan fingerprint density at radius 2 is 2.08 bits per heavy atom. The van der Waals surface area contributed by atoms with E-state index in [1.165, 1.54) is 6.20 Å². The number of benzene rings is 1. The molecule has 13 heteroatoms. The van der Waals surface area contributed by atoms with Crippen LogP contribution in [0.1, 0.15) is 29.4 Å². The van der Waals surface area contributed by atoms with Crippen LogP contribution in [0.5, 0.6) is 11.8 Å². The summed E-state index contributed by atoms with van der Waals surface area (Å²) in [5, 5.41) is 13.6. The minimum atomic E-state index is -0.672. The predicted octanol–water partition coefficient (Wildman–Crippen LogP) is 3.23. The normalized spacial score (nSPS) is 14.3. The van der Waals surface area contributed by atoms with Gasteiger partial charge in [-0.3, -0.25) is 4.99 Å². The second kappa shape index (κ2) is 13.2. The molecule has 0 saturated carbocycles. The van der Waals surface area contributed by atoms with Gasteiger partial charge >= 0.3 is 6.01 Å². The number of aromatic nitrogens is 4. The molecule has 0 aliphatic carbocycles. The lowest BCUT2D eigenvalue weighted by Gasteiger charge is -2.22. The molecule has 1 aliphatic rings. The summed E-state index contributed by atoms with van der Waals surface area (Å²) < 4.78 is 11.3. The van der Waals surface area contributed by atoms with Gasteiger partial charge in [-0.25, -0.2) is 15.0 Å². The summed E-state index contributed by atoms with van der Waals surface area (Å²) >= 11 is 13.1. The summed E-state index contributed by atoms with van der Waals surface area (Å²) in [6.45, 7) is 5.81. The van der Waals surface area contributed by atoms with E-state index in [-0.39, 0.29) is 11.6 Å². The number of halogens is 2. The van der Waals surface area contributed by atoms with Gasteiger partial charge in [0, 0.05) is 49.2 Å². The van der Waals surface area contributed by atoms with E-state index in [9.17, 15) is 5.11 Å². The molecule has 0 spiro atoms. The highest BCUT2D eigenvalue weighted by atomic mass is 35.5. The van der Waals surface area contributed by atoms with E-state index in [0.717, 1.165) is 16.8 Å². The molecular weight excluding hydrogens is 555 g/mol. The van der Waals surface area contributed by atoms with E-state index in [4.69, 9.17) is 48.4 Å². The molecule has 0 saturated heterocycles. The lowest BCUT2D eigenvalue weighted by atomic mass is 10.1. The van der Waals surface area contributed by atoms with Crippen LogP contribution in [0.25, 0.3) is 11.4 Å². The van der Waals surface area contributed by atoms with Crippen molar-refractivity contribution >= 4 is 34.7 Å². The number of likely N-dealkylation sites (N-methyl/N-ethyl adjacent to an activating group) is 1. The quantitative estimate of drug-likeness (QED) is 0.286. The first kappa shape index (κ1) is 29.5. The molecule has 0 unspecified atom stereocenters. The van der Waals surface area contributed by atoms with Crippen molar-refractivity contribution in [2.45, 2.75) is 33.0 Å². The molecule has 0 amide bonds. The zero-order valence-electron chi connectivity index (χ0n) is 22.8. The number of fused-ring (bicyclic) bond motifs is 1. The zero-order valence-corrected chi connectivity index (χ0v) is 24.3. The number of nitrogens with two attached hydrogens (primary N) is 1. The number of anilines is 1. The molecule has 4 rings (SSSR count). The second-order valence-electron chi connectivity index (χ2n) is 9.01. The summed E-state index contributed by atoms with van der Waals surface area (Å²) in [6.07, 6.45) is 2.38. The number of allylic oxidation sites excluding steroid dienone is 1. The van der Waals surface area contributed by atoms with Crippen molar-refractivity contribution in [1.29, 1.82) is 0 Å². The van der Waals surface area contributed by atoms with E-state index in [1.807, 2.05) is 13.8 Å². The molecule has 1 atom stereocenters.